The molecule has 1 heterocycles. The third kappa shape index (κ3) is 4.47. The number of hydrogen-bond acceptors (Lipinski definition) is 1. The van der Waals surface area contributed by atoms with E-state index < -0.39 is 0 Å². The van der Waals surface area contributed by atoms with Crippen molar-refractivity contribution in [2.75, 3.05) is 0 Å². The molecule has 0 bridgehead atoms. The molecule has 166 valence electrons. The summed E-state index contributed by atoms with van der Waals surface area (Å²) in [5.74, 6) is 0.277. The minimum Gasteiger partial charge on any atom is -0.348 e. The predicted molar refractivity (Wildman–Crippen MR) is 130 cm³/mol. The highest BCUT2D eigenvalue weighted by Crippen LogP contribution is 2.35. The summed E-state index contributed by atoms with van der Waals surface area (Å²) in [6.07, 6.45) is 3.35. The Morgan fingerprint density at radius 3 is 2.45 bits per heavy atom. The summed E-state index contributed by atoms with van der Waals surface area (Å²) in [6, 6.07) is 26.8. The van der Waals surface area contributed by atoms with E-state index in [-0.39, 0.29) is 11.7 Å². The van der Waals surface area contributed by atoms with Crippen LogP contribution in [0.5, 0.6) is 0 Å². The minimum absolute atomic E-state index is 0.141. The Morgan fingerprint density at radius 2 is 1.73 bits per heavy atom. The lowest BCUT2D eigenvalue weighted by molar-refractivity contribution is 0.0951. The maximum Gasteiger partial charge on any atom is 0.251 e. The third-order valence-corrected chi connectivity index (χ3v) is 6.46. The van der Waals surface area contributed by atoms with E-state index in [1.807, 2.05) is 30.3 Å². The van der Waals surface area contributed by atoms with E-state index in [1.165, 1.54) is 41.1 Å². The molecule has 0 spiro atoms. The molecule has 1 aromatic heterocycles. The van der Waals surface area contributed by atoms with Crippen molar-refractivity contribution in [3.63, 3.8) is 0 Å². The van der Waals surface area contributed by atoms with Crippen LogP contribution < -0.4 is 5.32 Å². The van der Waals surface area contributed by atoms with Crippen molar-refractivity contribution < 1.29 is 9.18 Å². The largest absolute Gasteiger partial charge is 0.348 e. The molecule has 3 aromatic carbocycles. The Kier molecular flexibility index (Phi) is 5.82. The number of fused-ring (bicyclic) bond motifs is 1. The second-order valence-corrected chi connectivity index (χ2v) is 8.91. The van der Waals surface area contributed by atoms with Crippen LogP contribution in [0, 0.1) is 11.7 Å². The van der Waals surface area contributed by atoms with Crippen LogP contribution in [0.1, 0.15) is 40.5 Å². The molecule has 0 aliphatic heterocycles. The SMILES string of the molecule is CC1CCc2c(cc(-c3ccccc3)n2-c2ccc(C(=O)NCc3ccc(F)cc3)cc2)C1. The van der Waals surface area contributed by atoms with Gasteiger partial charge in [-0.15, -0.1) is 0 Å². The fourth-order valence-electron chi connectivity index (χ4n) is 4.68. The van der Waals surface area contributed by atoms with Gasteiger partial charge in [0.25, 0.3) is 5.91 Å². The standard InChI is InChI=1S/C29H27FN2O/c1-20-7-16-27-24(17-20)18-28(22-5-3-2-4-6-22)32(27)26-14-10-23(11-15-26)29(33)31-19-21-8-12-25(30)13-9-21/h2-6,8-15,18,20H,7,16-17,19H2,1H3,(H,31,33). The van der Waals surface area contributed by atoms with Gasteiger partial charge in [0, 0.05) is 23.5 Å². The van der Waals surface area contributed by atoms with E-state index in [0.717, 1.165) is 24.1 Å². The van der Waals surface area contributed by atoms with Crippen molar-refractivity contribution in [2.45, 2.75) is 32.7 Å². The van der Waals surface area contributed by atoms with Crippen LogP contribution >= 0.6 is 0 Å². The lowest BCUT2D eigenvalue weighted by Crippen LogP contribution is -2.22. The van der Waals surface area contributed by atoms with E-state index in [2.05, 4.69) is 47.1 Å². The highest BCUT2D eigenvalue weighted by atomic mass is 19.1. The number of halogens is 1. The third-order valence-electron chi connectivity index (χ3n) is 6.46. The van der Waals surface area contributed by atoms with Crippen LogP contribution in [0.4, 0.5) is 4.39 Å². The monoisotopic (exact) mass is 438 g/mol. The fraction of sp³-hybridized carbons (Fsp3) is 0.207. The topological polar surface area (TPSA) is 34.0 Å². The Labute approximate surface area is 193 Å². The number of nitrogens with zero attached hydrogens (tertiary/aromatic N) is 1. The van der Waals surface area contributed by atoms with E-state index in [4.69, 9.17) is 0 Å². The zero-order chi connectivity index (χ0) is 22.8. The van der Waals surface area contributed by atoms with E-state index in [9.17, 15) is 9.18 Å². The maximum atomic E-state index is 13.1. The number of hydrogen-bond donors (Lipinski definition) is 1. The summed E-state index contributed by atoms with van der Waals surface area (Å²) in [5, 5.41) is 2.91. The molecule has 1 unspecified atom stereocenters. The molecule has 4 heteroatoms. The molecule has 3 nitrogen and oxygen atoms in total. The smallest absolute Gasteiger partial charge is 0.251 e. The average Bonchev–Trinajstić information content (AvgIpc) is 3.22. The molecule has 0 saturated carbocycles. The quantitative estimate of drug-likeness (QED) is 0.388. The molecule has 5 rings (SSSR count). The number of nitrogens with one attached hydrogen (secondary N) is 1. The minimum atomic E-state index is -0.280. The molecule has 0 saturated heterocycles. The van der Waals surface area contributed by atoms with Gasteiger partial charge in [0.05, 0.1) is 5.69 Å². The van der Waals surface area contributed by atoms with E-state index in [1.54, 1.807) is 12.1 Å². The number of benzene rings is 3. The first kappa shape index (κ1) is 21.2. The second kappa shape index (κ2) is 9.07. The number of aromatic nitrogens is 1. The van der Waals surface area contributed by atoms with Crippen molar-refractivity contribution in [1.82, 2.24) is 9.88 Å². The van der Waals surface area contributed by atoms with Crippen LogP contribution in [-0.2, 0) is 19.4 Å². The first-order chi connectivity index (χ1) is 16.1. The van der Waals surface area contributed by atoms with Gasteiger partial charge in [-0.05, 0) is 84.3 Å². The zero-order valence-corrected chi connectivity index (χ0v) is 18.7. The summed E-state index contributed by atoms with van der Waals surface area (Å²) >= 11 is 0. The van der Waals surface area contributed by atoms with Gasteiger partial charge in [-0.2, -0.15) is 0 Å². The number of amides is 1. The van der Waals surface area contributed by atoms with Crippen molar-refractivity contribution >= 4 is 5.91 Å². The zero-order valence-electron chi connectivity index (χ0n) is 18.7. The number of rotatable bonds is 5. The van der Waals surface area contributed by atoms with E-state index in [0.29, 0.717) is 18.0 Å². The Hall–Kier alpha value is -3.66. The molecule has 0 radical (unpaired) electrons. The second-order valence-electron chi connectivity index (χ2n) is 8.91. The molecular formula is C29H27FN2O. The van der Waals surface area contributed by atoms with Gasteiger partial charge >= 0.3 is 0 Å². The van der Waals surface area contributed by atoms with Gasteiger partial charge in [0.1, 0.15) is 5.82 Å². The molecule has 0 fully saturated rings. The van der Waals surface area contributed by atoms with Gasteiger partial charge in [0.2, 0.25) is 0 Å². The summed E-state index contributed by atoms with van der Waals surface area (Å²) in [7, 11) is 0. The van der Waals surface area contributed by atoms with Crippen molar-refractivity contribution in [2.24, 2.45) is 5.92 Å². The maximum absolute atomic E-state index is 13.1. The van der Waals surface area contributed by atoms with Gasteiger partial charge in [-0.3, -0.25) is 4.79 Å². The van der Waals surface area contributed by atoms with Crippen molar-refractivity contribution in [1.29, 1.82) is 0 Å². The van der Waals surface area contributed by atoms with Gasteiger partial charge in [-0.25, -0.2) is 4.39 Å². The molecule has 1 N–H and O–H groups in total. The summed E-state index contributed by atoms with van der Waals surface area (Å²) in [5.41, 5.74) is 7.73. The lowest BCUT2D eigenvalue weighted by Gasteiger charge is -2.21. The highest BCUT2D eigenvalue weighted by Gasteiger charge is 2.23. The normalized spacial score (nSPS) is 15.2. The van der Waals surface area contributed by atoms with Crippen LogP contribution in [0.2, 0.25) is 0 Å². The summed E-state index contributed by atoms with van der Waals surface area (Å²) in [4.78, 5) is 12.6. The average molecular weight is 439 g/mol. The van der Waals surface area contributed by atoms with Gasteiger partial charge < -0.3 is 9.88 Å². The molecule has 4 aromatic rings. The van der Waals surface area contributed by atoms with Crippen LogP contribution in [0.3, 0.4) is 0 Å². The first-order valence-corrected chi connectivity index (χ1v) is 11.5. The van der Waals surface area contributed by atoms with Crippen LogP contribution in [-0.4, -0.2) is 10.5 Å². The number of carbonyl (C=O) groups excluding carboxylic acids is 1. The molecule has 33 heavy (non-hydrogen) atoms. The van der Waals surface area contributed by atoms with Crippen molar-refractivity contribution in [3.05, 3.63) is 113 Å². The molecular weight excluding hydrogens is 411 g/mol. The van der Waals surface area contributed by atoms with Gasteiger partial charge in [0.15, 0.2) is 0 Å². The van der Waals surface area contributed by atoms with E-state index >= 15 is 0 Å². The summed E-state index contributed by atoms with van der Waals surface area (Å²) in [6.45, 7) is 2.68. The van der Waals surface area contributed by atoms with Crippen LogP contribution in [0.15, 0.2) is 84.9 Å². The molecule has 1 aliphatic carbocycles. The van der Waals surface area contributed by atoms with Gasteiger partial charge in [-0.1, -0.05) is 49.4 Å². The lowest BCUT2D eigenvalue weighted by atomic mass is 9.89. The fourth-order valence-corrected chi connectivity index (χ4v) is 4.68. The van der Waals surface area contributed by atoms with Crippen LogP contribution in [0.25, 0.3) is 16.9 Å². The first-order valence-electron chi connectivity index (χ1n) is 11.5. The molecule has 1 amide bonds. The summed E-state index contributed by atoms with van der Waals surface area (Å²) < 4.78 is 15.4. The Balaban J connectivity index is 1.42. The highest BCUT2D eigenvalue weighted by molar-refractivity contribution is 5.94. The molecule has 1 aliphatic rings. The molecule has 1 atom stereocenters. The Bertz CT molecular complexity index is 1260. The Morgan fingerprint density at radius 1 is 1.00 bits per heavy atom. The van der Waals surface area contributed by atoms with Crippen molar-refractivity contribution in [3.8, 4) is 16.9 Å². The number of carbonyl (C=O) groups is 1. The predicted octanol–water partition coefficient (Wildman–Crippen LogP) is 6.34.